The van der Waals surface area contributed by atoms with Crippen LogP contribution in [-0.4, -0.2) is 36.5 Å². The molecule has 1 aliphatic heterocycles. The van der Waals surface area contributed by atoms with Gasteiger partial charge in [-0.2, -0.15) is 0 Å². The molecule has 4 rings (SSSR count). The molecule has 0 N–H and O–H groups in total. The van der Waals surface area contributed by atoms with Crippen LogP contribution < -0.4 is 29.1 Å². The van der Waals surface area contributed by atoms with Crippen LogP contribution in [0.2, 0.25) is 0 Å². The van der Waals surface area contributed by atoms with E-state index >= 15 is 0 Å². The smallest absolute Gasteiger partial charge is 0.338 e. The molecule has 0 amide bonds. The average Bonchev–Trinajstić information content (AvgIpc) is 3.22. The summed E-state index contributed by atoms with van der Waals surface area (Å²) in [6.45, 7) is 11.6. The second-order valence-corrected chi connectivity index (χ2v) is 10.8. The number of methoxy groups -OCH3 is 1. The summed E-state index contributed by atoms with van der Waals surface area (Å²) in [4.78, 5) is 32.4. The molecule has 9 heteroatoms. The van der Waals surface area contributed by atoms with Crippen LogP contribution in [0.4, 0.5) is 0 Å². The zero-order valence-electron chi connectivity index (χ0n) is 24.0. The topological polar surface area (TPSA) is 88.4 Å². The molecule has 40 heavy (non-hydrogen) atoms. The van der Waals surface area contributed by atoms with Crippen LogP contribution in [0.5, 0.6) is 17.2 Å². The normalized spacial score (nSPS) is 15.9. The van der Waals surface area contributed by atoms with Gasteiger partial charge in [-0.3, -0.25) is 9.36 Å². The summed E-state index contributed by atoms with van der Waals surface area (Å²) in [7, 11) is 1.59. The van der Waals surface area contributed by atoms with Gasteiger partial charge in [0, 0.05) is 5.56 Å². The Bertz CT molecular complexity index is 1600. The van der Waals surface area contributed by atoms with Crippen LogP contribution >= 0.6 is 11.3 Å². The van der Waals surface area contributed by atoms with E-state index in [0.717, 1.165) is 12.0 Å². The molecule has 0 spiro atoms. The highest BCUT2D eigenvalue weighted by atomic mass is 32.1. The first-order valence-corrected chi connectivity index (χ1v) is 14.3. The van der Waals surface area contributed by atoms with Gasteiger partial charge in [0.1, 0.15) is 11.8 Å². The van der Waals surface area contributed by atoms with Crippen molar-refractivity contribution in [2.45, 2.75) is 66.2 Å². The lowest BCUT2D eigenvalue weighted by molar-refractivity contribution is -0.139. The van der Waals surface area contributed by atoms with Crippen molar-refractivity contribution in [3.05, 3.63) is 84.5 Å². The molecule has 212 valence electrons. The van der Waals surface area contributed by atoms with Gasteiger partial charge in [-0.1, -0.05) is 42.5 Å². The van der Waals surface area contributed by atoms with E-state index in [2.05, 4.69) is 11.9 Å². The Labute approximate surface area is 238 Å². The quantitative estimate of drug-likeness (QED) is 0.330. The Kier molecular flexibility index (Phi) is 9.14. The molecule has 0 aliphatic carbocycles. The van der Waals surface area contributed by atoms with Crippen LogP contribution in [0.15, 0.2) is 63.5 Å². The summed E-state index contributed by atoms with van der Waals surface area (Å²) in [6.07, 6.45) is 2.61. The molecule has 0 unspecified atom stereocenters. The molecular weight excluding hydrogens is 528 g/mol. The summed E-state index contributed by atoms with van der Waals surface area (Å²) in [6, 6.07) is 12.3. The van der Waals surface area contributed by atoms with Crippen molar-refractivity contribution >= 4 is 23.4 Å². The van der Waals surface area contributed by atoms with Crippen LogP contribution in [-0.2, 0) is 9.53 Å². The molecule has 8 nitrogen and oxygen atoms in total. The van der Waals surface area contributed by atoms with Crippen molar-refractivity contribution in [3.8, 4) is 17.2 Å². The summed E-state index contributed by atoms with van der Waals surface area (Å²) in [5, 5.41) is 0. The van der Waals surface area contributed by atoms with Crippen LogP contribution in [0.25, 0.3) is 6.08 Å². The molecule has 0 bridgehead atoms. The first kappa shape index (κ1) is 29.1. The van der Waals surface area contributed by atoms with Gasteiger partial charge in [-0.25, -0.2) is 9.79 Å². The number of allylic oxidation sites excluding steroid dienone is 1. The minimum absolute atomic E-state index is 0.0443. The molecule has 0 saturated carbocycles. The number of hydrogen-bond donors (Lipinski definition) is 0. The van der Waals surface area contributed by atoms with E-state index in [1.807, 2.05) is 63.2 Å². The predicted molar refractivity (Wildman–Crippen MR) is 156 cm³/mol. The number of aromatic nitrogens is 1. The molecule has 2 heterocycles. The second kappa shape index (κ2) is 12.6. The zero-order chi connectivity index (χ0) is 29.0. The fourth-order valence-corrected chi connectivity index (χ4v) is 5.52. The molecule has 1 aromatic heterocycles. The summed E-state index contributed by atoms with van der Waals surface area (Å²) in [5.74, 6) is 1.31. The number of nitrogens with zero attached hydrogens (tertiary/aromatic N) is 2. The van der Waals surface area contributed by atoms with Crippen LogP contribution in [0.1, 0.15) is 65.1 Å². The molecule has 2 aromatic carbocycles. The third-order valence-corrected chi connectivity index (χ3v) is 7.46. The lowest BCUT2D eigenvalue weighted by Gasteiger charge is -2.26. The lowest BCUT2D eigenvalue weighted by Crippen LogP contribution is -2.40. The van der Waals surface area contributed by atoms with E-state index in [9.17, 15) is 9.59 Å². The molecule has 2 atom stereocenters. The number of hydrogen-bond acceptors (Lipinski definition) is 8. The maximum absolute atomic E-state index is 14.0. The highest BCUT2D eigenvalue weighted by Gasteiger charge is 2.35. The number of rotatable bonds is 10. The van der Waals surface area contributed by atoms with Crippen molar-refractivity contribution < 1.29 is 23.7 Å². The van der Waals surface area contributed by atoms with E-state index in [1.165, 1.54) is 11.3 Å². The van der Waals surface area contributed by atoms with E-state index in [1.54, 1.807) is 31.6 Å². The van der Waals surface area contributed by atoms with Gasteiger partial charge < -0.3 is 18.9 Å². The Morgan fingerprint density at radius 3 is 2.50 bits per heavy atom. The highest BCUT2D eigenvalue weighted by Crippen LogP contribution is 2.36. The molecule has 1 aliphatic rings. The second-order valence-electron chi connectivity index (χ2n) is 9.75. The number of thiazole rings is 1. The van der Waals surface area contributed by atoms with Gasteiger partial charge in [-0.15, -0.1) is 0 Å². The first-order valence-electron chi connectivity index (χ1n) is 13.5. The number of esters is 1. The van der Waals surface area contributed by atoms with Crippen molar-refractivity contribution in [1.82, 2.24) is 4.57 Å². The Morgan fingerprint density at radius 2 is 1.82 bits per heavy atom. The standard InChI is InChI=1S/C31H36N2O6S/c1-8-19(5)39-24-15-14-21(16-25(24)36-7)17-26-29(34)33-28(22-12-10-11-13-23(22)38-18(3)4)27(30(35)37-9-2)20(6)32-31(33)40-26/h10-19,28H,8-9H2,1-7H3/b26-17+/t19-,28+/m1/s1. The van der Waals surface area contributed by atoms with Crippen LogP contribution in [0, 0.1) is 0 Å². The largest absolute Gasteiger partial charge is 0.493 e. The van der Waals surface area contributed by atoms with E-state index in [-0.39, 0.29) is 24.4 Å². The van der Waals surface area contributed by atoms with Gasteiger partial charge in [0.25, 0.3) is 5.56 Å². The van der Waals surface area contributed by atoms with E-state index < -0.39 is 12.0 Å². The van der Waals surface area contributed by atoms with Gasteiger partial charge in [0.2, 0.25) is 0 Å². The molecular formula is C31H36N2O6S. The SMILES string of the molecule is CCOC(=O)C1=C(C)N=c2s/c(=C/c3ccc(O[C@H](C)CC)c(OC)c3)c(=O)n2[C@H]1c1ccccc1OC(C)C. The van der Waals surface area contributed by atoms with E-state index in [4.69, 9.17) is 18.9 Å². The minimum atomic E-state index is -0.756. The Morgan fingerprint density at radius 1 is 1.07 bits per heavy atom. The number of para-hydroxylation sites is 1. The third-order valence-electron chi connectivity index (χ3n) is 6.48. The molecule has 0 radical (unpaired) electrons. The summed E-state index contributed by atoms with van der Waals surface area (Å²) < 4.78 is 25.1. The fraction of sp³-hybridized carbons (Fsp3) is 0.387. The molecule has 0 saturated heterocycles. The highest BCUT2D eigenvalue weighted by molar-refractivity contribution is 7.07. The van der Waals surface area contributed by atoms with Crippen molar-refractivity contribution in [2.24, 2.45) is 4.99 Å². The van der Waals surface area contributed by atoms with Gasteiger partial charge in [0.15, 0.2) is 16.3 Å². The third kappa shape index (κ3) is 5.99. The summed E-state index contributed by atoms with van der Waals surface area (Å²) >= 11 is 1.27. The monoisotopic (exact) mass is 564 g/mol. The minimum Gasteiger partial charge on any atom is -0.493 e. The lowest BCUT2D eigenvalue weighted by atomic mass is 9.95. The molecule has 3 aromatic rings. The average molecular weight is 565 g/mol. The Hall–Kier alpha value is -3.85. The first-order chi connectivity index (χ1) is 19.2. The van der Waals surface area contributed by atoms with Gasteiger partial charge >= 0.3 is 5.97 Å². The number of carbonyl (C=O) groups excluding carboxylic acids is 1. The maximum Gasteiger partial charge on any atom is 0.338 e. The molecule has 0 fully saturated rings. The van der Waals surface area contributed by atoms with Gasteiger partial charge in [-0.05, 0) is 70.9 Å². The predicted octanol–water partition coefficient (Wildman–Crippen LogP) is 4.77. The van der Waals surface area contributed by atoms with Crippen molar-refractivity contribution in [1.29, 1.82) is 0 Å². The van der Waals surface area contributed by atoms with Crippen LogP contribution in [0.3, 0.4) is 0 Å². The van der Waals surface area contributed by atoms with Gasteiger partial charge in [0.05, 0.1) is 41.7 Å². The maximum atomic E-state index is 14.0. The number of carbonyl (C=O) groups is 1. The fourth-order valence-electron chi connectivity index (χ4n) is 4.48. The number of ether oxygens (including phenoxy) is 4. The zero-order valence-corrected chi connectivity index (χ0v) is 24.8. The Balaban J connectivity index is 1.90. The number of benzene rings is 2. The number of fused-ring (bicyclic) bond motifs is 1. The van der Waals surface area contributed by atoms with Crippen molar-refractivity contribution in [3.63, 3.8) is 0 Å². The van der Waals surface area contributed by atoms with Crippen molar-refractivity contribution in [2.75, 3.05) is 13.7 Å². The summed E-state index contributed by atoms with van der Waals surface area (Å²) in [5.41, 5.74) is 2.02. The van der Waals surface area contributed by atoms with E-state index in [0.29, 0.717) is 43.4 Å².